The van der Waals surface area contributed by atoms with Gasteiger partial charge in [0.1, 0.15) is 11.6 Å². The first kappa shape index (κ1) is 19.8. The molecule has 2 aromatic carbocycles. The monoisotopic (exact) mass is 390 g/mol. The largest absolute Gasteiger partial charge is 0.207 e. The molecule has 1 atom stereocenters. The first-order valence-corrected chi connectivity index (χ1v) is 7.83. The number of nitriles is 2. The summed E-state index contributed by atoms with van der Waals surface area (Å²) in [6.07, 6.45) is 1.91. The van der Waals surface area contributed by atoms with Crippen molar-refractivity contribution in [2.45, 2.75) is 32.6 Å². The fraction of sp³-hybridized carbons (Fsp3) is 0.263. The minimum absolute atomic E-state index is 0. The fourth-order valence-electron chi connectivity index (χ4n) is 2.31. The minimum atomic E-state index is -0.261. The standard InChI is InChI=1S/C9H7BrFN.C9H6FN.CH4/c10-9-6-8(11)4-3-7(9)2-1-5-12;10-8-2-1-6-3-7(5-11)9(6)4-8;/h3-4,6H,1-2H2;1-2,4,7H,3H2;1H4. The molecule has 1 aliphatic rings. The van der Waals surface area contributed by atoms with E-state index in [4.69, 9.17) is 10.5 Å². The summed E-state index contributed by atoms with van der Waals surface area (Å²) in [5.41, 5.74) is 2.95. The number of fused-ring (bicyclic) bond motifs is 1. The predicted molar refractivity (Wildman–Crippen MR) is 93.2 cm³/mol. The Morgan fingerprint density at radius 3 is 2.38 bits per heavy atom. The zero-order valence-electron chi connectivity index (χ0n) is 12.2. The van der Waals surface area contributed by atoms with Gasteiger partial charge < -0.3 is 0 Å². The van der Waals surface area contributed by atoms with Crippen LogP contribution in [0.2, 0.25) is 0 Å². The summed E-state index contributed by atoms with van der Waals surface area (Å²) in [4.78, 5) is 0. The van der Waals surface area contributed by atoms with E-state index in [2.05, 4.69) is 22.0 Å². The summed E-state index contributed by atoms with van der Waals surface area (Å²) in [6, 6.07) is 13.3. The van der Waals surface area contributed by atoms with Gasteiger partial charge in [0, 0.05) is 10.9 Å². The molecule has 0 bridgehead atoms. The number of halogens is 3. The molecule has 2 aromatic rings. The smallest absolute Gasteiger partial charge is 0.124 e. The third kappa shape index (κ3) is 4.88. The molecule has 124 valence electrons. The van der Waals surface area contributed by atoms with Gasteiger partial charge >= 0.3 is 0 Å². The molecule has 0 saturated carbocycles. The first-order valence-electron chi connectivity index (χ1n) is 7.04. The van der Waals surface area contributed by atoms with Crippen LogP contribution < -0.4 is 0 Å². The van der Waals surface area contributed by atoms with Crippen molar-refractivity contribution >= 4 is 15.9 Å². The molecule has 1 aliphatic carbocycles. The van der Waals surface area contributed by atoms with Crippen LogP contribution in [0.25, 0.3) is 0 Å². The molecule has 0 heterocycles. The minimum Gasteiger partial charge on any atom is -0.207 e. The average Bonchev–Trinajstić information content (AvgIpc) is 2.51. The van der Waals surface area contributed by atoms with Gasteiger partial charge in [-0.3, -0.25) is 0 Å². The van der Waals surface area contributed by atoms with Crippen molar-refractivity contribution in [3.05, 3.63) is 69.2 Å². The van der Waals surface area contributed by atoms with Gasteiger partial charge in [-0.25, -0.2) is 8.78 Å². The van der Waals surface area contributed by atoms with E-state index in [-0.39, 0.29) is 25.0 Å². The predicted octanol–water partition coefficient (Wildman–Crippen LogP) is 5.67. The Labute approximate surface area is 149 Å². The Balaban J connectivity index is 0.000000231. The zero-order valence-corrected chi connectivity index (χ0v) is 13.8. The van der Waals surface area contributed by atoms with Crippen LogP contribution in [0.1, 0.15) is 36.5 Å². The van der Waals surface area contributed by atoms with Gasteiger partial charge in [-0.15, -0.1) is 0 Å². The molecule has 0 aromatic heterocycles. The highest BCUT2D eigenvalue weighted by atomic mass is 79.9. The summed E-state index contributed by atoms with van der Waals surface area (Å²) in [5, 5.41) is 16.9. The second-order valence-electron chi connectivity index (χ2n) is 5.12. The van der Waals surface area contributed by atoms with Crippen LogP contribution in [-0.4, -0.2) is 0 Å². The van der Waals surface area contributed by atoms with Crippen LogP contribution in [-0.2, 0) is 12.8 Å². The highest BCUT2D eigenvalue weighted by molar-refractivity contribution is 9.10. The van der Waals surface area contributed by atoms with E-state index in [9.17, 15) is 8.78 Å². The van der Waals surface area contributed by atoms with Crippen LogP contribution in [0, 0.1) is 34.3 Å². The Bertz CT molecular complexity index is 791. The number of rotatable bonds is 2. The molecule has 5 heteroatoms. The Kier molecular flexibility index (Phi) is 7.55. The molecule has 0 aliphatic heterocycles. The van der Waals surface area contributed by atoms with E-state index in [1.807, 2.05) is 6.07 Å². The number of hydrogen-bond acceptors (Lipinski definition) is 2. The Morgan fingerprint density at radius 2 is 1.75 bits per heavy atom. The van der Waals surface area contributed by atoms with E-state index in [1.54, 1.807) is 12.1 Å². The summed E-state index contributed by atoms with van der Waals surface area (Å²) in [7, 11) is 0. The molecule has 0 spiro atoms. The average molecular weight is 391 g/mol. The van der Waals surface area contributed by atoms with E-state index < -0.39 is 0 Å². The molecule has 0 fully saturated rings. The second kappa shape index (κ2) is 9.15. The molecule has 0 amide bonds. The highest BCUT2D eigenvalue weighted by Crippen LogP contribution is 2.34. The van der Waals surface area contributed by atoms with Crippen LogP contribution in [0.5, 0.6) is 0 Å². The number of aryl methyl sites for hydroxylation is 1. The van der Waals surface area contributed by atoms with Crippen LogP contribution >= 0.6 is 15.9 Å². The highest BCUT2D eigenvalue weighted by Gasteiger charge is 2.25. The molecular weight excluding hydrogens is 374 g/mol. The van der Waals surface area contributed by atoms with Gasteiger partial charge in [0.25, 0.3) is 0 Å². The van der Waals surface area contributed by atoms with Gasteiger partial charge in [-0.1, -0.05) is 35.5 Å². The number of hydrogen-bond donors (Lipinski definition) is 0. The molecular formula is C19H17BrF2N2. The number of nitrogens with zero attached hydrogens (tertiary/aromatic N) is 2. The van der Waals surface area contributed by atoms with Crippen molar-refractivity contribution in [1.29, 1.82) is 10.5 Å². The lowest BCUT2D eigenvalue weighted by Crippen LogP contribution is -2.15. The third-order valence-corrected chi connectivity index (χ3v) is 4.32. The fourth-order valence-corrected chi connectivity index (χ4v) is 2.85. The molecule has 2 nitrogen and oxygen atoms in total. The summed E-state index contributed by atoms with van der Waals surface area (Å²) in [5.74, 6) is -0.577. The molecule has 0 radical (unpaired) electrons. The summed E-state index contributed by atoms with van der Waals surface area (Å²) in [6.45, 7) is 0. The lowest BCUT2D eigenvalue weighted by molar-refractivity contribution is 0.614. The number of benzene rings is 2. The van der Waals surface area contributed by atoms with E-state index in [0.717, 1.165) is 27.6 Å². The summed E-state index contributed by atoms with van der Waals surface area (Å²) < 4.78 is 25.9. The maximum absolute atomic E-state index is 12.6. The van der Waals surface area contributed by atoms with Gasteiger partial charge in [-0.2, -0.15) is 10.5 Å². The molecule has 0 N–H and O–H groups in total. The normalized spacial score (nSPS) is 13.8. The first-order chi connectivity index (χ1) is 11.0. The Hall–Kier alpha value is -2.24. The van der Waals surface area contributed by atoms with Crippen LogP contribution in [0.3, 0.4) is 0 Å². The van der Waals surface area contributed by atoms with Gasteiger partial charge in [0.15, 0.2) is 0 Å². The summed E-state index contributed by atoms with van der Waals surface area (Å²) >= 11 is 3.23. The van der Waals surface area contributed by atoms with Gasteiger partial charge in [0.05, 0.1) is 18.1 Å². The lowest BCUT2D eigenvalue weighted by atomic mass is 9.79. The second-order valence-corrected chi connectivity index (χ2v) is 5.98. The lowest BCUT2D eigenvalue weighted by Gasteiger charge is -2.23. The topological polar surface area (TPSA) is 47.6 Å². The van der Waals surface area contributed by atoms with Crippen LogP contribution in [0.15, 0.2) is 40.9 Å². The maximum atomic E-state index is 12.6. The van der Waals surface area contributed by atoms with E-state index in [1.165, 1.54) is 24.3 Å². The van der Waals surface area contributed by atoms with Crippen molar-refractivity contribution in [2.75, 3.05) is 0 Å². The third-order valence-electron chi connectivity index (χ3n) is 3.58. The van der Waals surface area contributed by atoms with E-state index >= 15 is 0 Å². The van der Waals surface area contributed by atoms with Crippen molar-refractivity contribution < 1.29 is 8.78 Å². The van der Waals surface area contributed by atoms with Crippen molar-refractivity contribution in [3.8, 4) is 12.1 Å². The molecule has 0 saturated heterocycles. The van der Waals surface area contributed by atoms with Crippen molar-refractivity contribution in [1.82, 2.24) is 0 Å². The van der Waals surface area contributed by atoms with E-state index in [0.29, 0.717) is 12.8 Å². The molecule has 1 unspecified atom stereocenters. The van der Waals surface area contributed by atoms with Crippen molar-refractivity contribution in [3.63, 3.8) is 0 Å². The van der Waals surface area contributed by atoms with Gasteiger partial charge in [0.2, 0.25) is 0 Å². The zero-order chi connectivity index (χ0) is 16.8. The van der Waals surface area contributed by atoms with Crippen molar-refractivity contribution in [2.24, 2.45) is 0 Å². The molecule has 24 heavy (non-hydrogen) atoms. The van der Waals surface area contributed by atoms with Gasteiger partial charge in [-0.05, 0) is 53.8 Å². The Morgan fingerprint density at radius 1 is 1.08 bits per heavy atom. The molecule has 3 rings (SSSR count). The van der Waals surface area contributed by atoms with Crippen LogP contribution in [0.4, 0.5) is 8.78 Å². The SMILES string of the molecule is C.N#CC1Cc2ccc(F)cc21.N#CCCc1ccc(F)cc1Br. The quantitative estimate of drug-likeness (QED) is 0.662. The maximum Gasteiger partial charge on any atom is 0.124 e.